The van der Waals surface area contributed by atoms with Crippen LogP contribution in [0.25, 0.3) is 10.7 Å². The monoisotopic (exact) mass is 313 g/mol. The Morgan fingerprint density at radius 3 is 2.77 bits per heavy atom. The van der Waals surface area contributed by atoms with Crippen molar-refractivity contribution < 1.29 is 4.52 Å². The number of hydrogen-bond acceptors (Lipinski definition) is 5. The van der Waals surface area contributed by atoms with Crippen LogP contribution in [-0.4, -0.2) is 22.1 Å². The number of aromatic nitrogens is 2. The maximum Gasteiger partial charge on any atom is 0.244 e. The minimum atomic E-state index is 0.0702. The summed E-state index contributed by atoms with van der Waals surface area (Å²) in [6.07, 6.45) is 0. The SMILES string of the molecule is Cc1ccccc1CN(C)[C@@H](C)c1nc(-c2cccs2)no1. The molecule has 0 saturated heterocycles. The van der Waals surface area contributed by atoms with Gasteiger partial charge in [-0.15, -0.1) is 11.3 Å². The molecule has 2 heterocycles. The smallest absolute Gasteiger partial charge is 0.244 e. The summed E-state index contributed by atoms with van der Waals surface area (Å²) in [5, 5.41) is 6.10. The molecule has 4 nitrogen and oxygen atoms in total. The Bertz CT molecular complexity index is 736. The van der Waals surface area contributed by atoms with E-state index in [4.69, 9.17) is 4.52 Å². The Labute approximate surface area is 134 Å². The van der Waals surface area contributed by atoms with E-state index in [0.717, 1.165) is 11.4 Å². The number of nitrogens with zero attached hydrogens (tertiary/aromatic N) is 3. The molecule has 0 aliphatic heterocycles. The van der Waals surface area contributed by atoms with Crippen molar-refractivity contribution in [3.63, 3.8) is 0 Å². The fraction of sp³-hybridized carbons (Fsp3) is 0.294. The molecule has 0 aliphatic carbocycles. The van der Waals surface area contributed by atoms with Crippen molar-refractivity contribution in [2.75, 3.05) is 7.05 Å². The van der Waals surface area contributed by atoms with E-state index in [2.05, 4.69) is 60.2 Å². The molecule has 0 saturated carbocycles. The Hall–Kier alpha value is -1.98. The average molecular weight is 313 g/mol. The molecule has 1 atom stereocenters. The van der Waals surface area contributed by atoms with E-state index in [1.54, 1.807) is 11.3 Å². The van der Waals surface area contributed by atoms with Crippen molar-refractivity contribution in [3.8, 4) is 10.7 Å². The summed E-state index contributed by atoms with van der Waals surface area (Å²) in [7, 11) is 2.08. The molecule has 3 aromatic rings. The molecule has 1 aromatic carbocycles. The summed E-state index contributed by atoms with van der Waals surface area (Å²) >= 11 is 1.62. The van der Waals surface area contributed by atoms with E-state index >= 15 is 0 Å². The molecular weight excluding hydrogens is 294 g/mol. The lowest BCUT2D eigenvalue weighted by molar-refractivity contribution is 0.202. The van der Waals surface area contributed by atoms with Crippen LogP contribution in [0, 0.1) is 6.92 Å². The van der Waals surface area contributed by atoms with Gasteiger partial charge in [-0.2, -0.15) is 4.98 Å². The van der Waals surface area contributed by atoms with Crippen LogP contribution in [0.1, 0.15) is 30.0 Å². The van der Waals surface area contributed by atoms with Gasteiger partial charge in [0.05, 0.1) is 10.9 Å². The van der Waals surface area contributed by atoms with E-state index in [-0.39, 0.29) is 6.04 Å². The van der Waals surface area contributed by atoms with Gasteiger partial charge >= 0.3 is 0 Å². The zero-order valence-electron chi connectivity index (χ0n) is 13.0. The molecule has 0 spiro atoms. The Morgan fingerprint density at radius 2 is 2.05 bits per heavy atom. The van der Waals surface area contributed by atoms with Gasteiger partial charge in [-0.3, -0.25) is 4.90 Å². The lowest BCUT2D eigenvalue weighted by atomic mass is 10.1. The van der Waals surface area contributed by atoms with Crippen LogP contribution in [-0.2, 0) is 6.54 Å². The Balaban J connectivity index is 1.73. The van der Waals surface area contributed by atoms with E-state index in [1.165, 1.54) is 11.1 Å². The van der Waals surface area contributed by atoms with Crippen molar-refractivity contribution in [3.05, 3.63) is 58.8 Å². The topological polar surface area (TPSA) is 42.2 Å². The van der Waals surface area contributed by atoms with E-state index < -0.39 is 0 Å². The van der Waals surface area contributed by atoms with Gasteiger partial charge in [0.1, 0.15) is 0 Å². The molecule has 0 unspecified atom stereocenters. The maximum atomic E-state index is 5.44. The fourth-order valence-electron chi connectivity index (χ4n) is 2.29. The van der Waals surface area contributed by atoms with Gasteiger partial charge in [-0.25, -0.2) is 0 Å². The third kappa shape index (κ3) is 3.10. The first-order valence-corrected chi connectivity index (χ1v) is 8.15. The van der Waals surface area contributed by atoms with Gasteiger partial charge in [-0.1, -0.05) is 35.5 Å². The summed E-state index contributed by atoms with van der Waals surface area (Å²) in [4.78, 5) is 7.78. The first kappa shape index (κ1) is 14.9. The maximum absolute atomic E-state index is 5.44. The van der Waals surface area contributed by atoms with Gasteiger partial charge < -0.3 is 4.52 Å². The number of hydrogen-bond donors (Lipinski definition) is 0. The second-order valence-electron chi connectivity index (χ2n) is 5.45. The van der Waals surface area contributed by atoms with Crippen molar-refractivity contribution in [2.45, 2.75) is 26.4 Å². The van der Waals surface area contributed by atoms with Crippen molar-refractivity contribution in [1.82, 2.24) is 15.0 Å². The van der Waals surface area contributed by atoms with Crippen molar-refractivity contribution in [1.29, 1.82) is 0 Å². The standard InChI is InChI=1S/C17H19N3OS/c1-12-7-4-5-8-14(12)11-20(3)13(2)17-18-16(19-21-17)15-9-6-10-22-15/h4-10,13H,11H2,1-3H3/t13-/m0/s1. The summed E-state index contributed by atoms with van der Waals surface area (Å²) < 4.78 is 5.44. The predicted molar refractivity (Wildman–Crippen MR) is 88.7 cm³/mol. The van der Waals surface area contributed by atoms with Crippen molar-refractivity contribution >= 4 is 11.3 Å². The quantitative estimate of drug-likeness (QED) is 0.704. The van der Waals surface area contributed by atoms with Gasteiger partial charge in [0.25, 0.3) is 0 Å². The minimum Gasteiger partial charge on any atom is -0.337 e. The summed E-state index contributed by atoms with van der Waals surface area (Å²) in [6.45, 7) is 5.07. The van der Waals surface area contributed by atoms with Crippen LogP contribution in [0.5, 0.6) is 0 Å². The minimum absolute atomic E-state index is 0.0702. The van der Waals surface area contributed by atoms with Gasteiger partial charge in [0.2, 0.25) is 11.7 Å². The molecule has 0 radical (unpaired) electrons. The predicted octanol–water partition coefficient (Wildman–Crippen LogP) is 4.30. The lowest BCUT2D eigenvalue weighted by Gasteiger charge is -2.22. The van der Waals surface area contributed by atoms with Gasteiger partial charge in [-0.05, 0) is 43.5 Å². The van der Waals surface area contributed by atoms with Gasteiger partial charge in [0.15, 0.2) is 0 Å². The second-order valence-corrected chi connectivity index (χ2v) is 6.40. The molecule has 3 rings (SSSR count). The zero-order chi connectivity index (χ0) is 15.5. The fourth-order valence-corrected chi connectivity index (χ4v) is 2.94. The highest BCUT2D eigenvalue weighted by Gasteiger charge is 2.20. The second kappa shape index (κ2) is 6.42. The van der Waals surface area contributed by atoms with Crippen LogP contribution >= 0.6 is 11.3 Å². The molecule has 5 heteroatoms. The molecule has 0 fully saturated rings. The van der Waals surface area contributed by atoms with Crippen LogP contribution in [0.15, 0.2) is 46.3 Å². The van der Waals surface area contributed by atoms with Crippen LogP contribution < -0.4 is 0 Å². The first-order valence-electron chi connectivity index (χ1n) is 7.27. The normalized spacial score (nSPS) is 12.7. The summed E-state index contributed by atoms with van der Waals surface area (Å²) in [5.74, 6) is 1.32. The Kier molecular flexibility index (Phi) is 4.36. The Morgan fingerprint density at radius 1 is 1.23 bits per heavy atom. The molecular formula is C17H19N3OS. The molecule has 22 heavy (non-hydrogen) atoms. The van der Waals surface area contributed by atoms with Crippen LogP contribution in [0.4, 0.5) is 0 Å². The number of thiophene rings is 1. The van der Waals surface area contributed by atoms with E-state index in [1.807, 2.05) is 17.5 Å². The molecule has 2 aromatic heterocycles. The molecule has 0 aliphatic rings. The zero-order valence-corrected chi connectivity index (χ0v) is 13.8. The third-order valence-corrected chi connectivity index (χ3v) is 4.75. The van der Waals surface area contributed by atoms with Crippen molar-refractivity contribution in [2.24, 2.45) is 0 Å². The van der Waals surface area contributed by atoms with Gasteiger partial charge in [0, 0.05) is 6.54 Å². The summed E-state index contributed by atoms with van der Waals surface area (Å²) in [6, 6.07) is 12.5. The highest BCUT2D eigenvalue weighted by atomic mass is 32.1. The molecule has 0 bridgehead atoms. The largest absolute Gasteiger partial charge is 0.337 e. The number of aryl methyl sites for hydroxylation is 1. The van der Waals surface area contributed by atoms with E-state index in [9.17, 15) is 0 Å². The highest BCUT2D eigenvalue weighted by Crippen LogP contribution is 2.25. The highest BCUT2D eigenvalue weighted by molar-refractivity contribution is 7.13. The third-order valence-electron chi connectivity index (χ3n) is 3.88. The molecule has 0 amide bonds. The first-order chi connectivity index (χ1) is 10.6. The number of benzene rings is 1. The van der Waals surface area contributed by atoms with Crippen LogP contribution in [0.2, 0.25) is 0 Å². The lowest BCUT2D eigenvalue weighted by Crippen LogP contribution is -2.22. The van der Waals surface area contributed by atoms with Crippen LogP contribution in [0.3, 0.4) is 0 Å². The average Bonchev–Trinajstić information content (AvgIpc) is 3.19. The molecule has 0 N–H and O–H groups in total. The number of rotatable bonds is 5. The van der Waals surface area contributed by atoms with E-state index in [0.29, 0.717) is 11.7 Å². The molecule has 114 valence electrons. The summed E-state index contributed by atoms with van der Waals surface area (Å²) in [5.41, 5.74) is 2.61.